The van der Waals surface area contributed by atoms with Gasteiger partial charge in [0, 0.05) is 57.4 Å². The van der Waals surface area contributed by atoms with E-state index in [0.717, 1.165) is 88.3 Å². The van der Waals surface area contributed by atoms with Gasteiger partial charge in [0.1, 0.15) is 6.04 Å². The van der Waals surface area contributed by atoms with Crippen LogP contribution >= 0.6 is 0 Å². The number of hydrogen-bond donors (Lipinski definition) is 0. The first-order valence-corrected chi connectivity index (χ1v) is 13.7. The van der Waals surface area contributed by atoms with Crippen LogP contribution in [0, 0.1) is 13.8 Å². The van der Waals surface area contributed by atoms with Crippen LogP contribution in [0.3, 0.4) is 0 Å². The highest BCUT2D eigenvalue weighted by atomic mass is 16.2. The molecule has 5 rings (SSSR count). The van der Waals surface area contributed by atoms with Crippen LogP contribution in [-0.4, -0.2) is 68.9 Å². The van der Waals surface area contributed by atoms with Crippen LogP contribution in [0.4, 0.5) is 17.1 Å². The molecule has 0 aromatic heterocycles. The van der Waals surface area contributed by atoms with Gasteiger partial charge in [0.15, 0.2) is 5.78 Å². The van der Waals surface area contributed by atoms with Crippen LogP contribution < -0.4 is 14.7 Å². The molecule has 1 unspecified atom stereocenters. The molecular formula is C30H40N4O2. The molecule has 1 amide bonds. The van der Waals surface area contributed by atoms with Crippen LogP contribution in [0.2, 0.25) is 0 Å². The van der Waals surface area contributed by atoms with Gasteiger partial charge in [-0.25, -0.2) is 0 Å². The van der Waals surface area contributed by atoms with Crippen molar-refractivity contribution >= 4 is 28.8 Å². The number of carbonyl (C=O) groups excluding carboxylic acids is 2. The number of rotatable bonds is 7. The van der Waals surface area contributed by atoms with Crippen molar-refractivity contribution in [3.8, 4) is 0 Å². The summed E-state index contributed by atoms with van der Waals surface area (Å²) in [4.78, 5) is 34.9. The lowest BCUT2D eigenvalue weighted by Crippen LogP contribution is -2.54. The van der Waals surface area contributed by atoms with Crippen molar-refractivity contribution in [2.24, 2.45) is 0 Å². The van der Waals surface area contributed by atoms with Crippen molar-refractivity contribution < 1.29 is 9.59 Å². The van der Waals surface area contributed by atoms with E-state index in [4.69, 9.17) is 0 Å². The third-order valence-electron chi connectivity index (χ3n) is 8.29. The van der Waals surface area contributed by atoms with Crippen LogP contribution in [-0.2, 0) is 4.79 Å². The van der Waals surface area contributed by atoms with Gasteiger partial charge < -0.3 is 14.7 Å². The lowest BCUT2D eigenvalue weighted by Gasteiger charge is -2.44. The number of nitrogens with zero attached hydrogens (tertiary/aromatic N) is 4. The van der Waals surface area contributed by atoms with Gasteiger partial charge in [0.25, 0.3) is 0 Å². The second kappa shape index (κ2) is 10.6. The van der Waals surface area contributed by atoms with E-state index in [-0.39, 0.29) is 17.7 Å². The number of likely N-dealkylation sites (N-methyl/N-ethyl adjacent to an activating group) is 1. The molecule has 36 heavy (non-hydrogen) atoms. The van der Waals surface area contributed by atoms with E-state index in [1.807, 2.05) is 19.2 Å². The van der Waals surface area contributed by atoms with E-state index in [1.54, 1.807) is 4.90 Å². The summed E-state index contributed by atoms with van der Waals surface area (Å²) in [7, 11) is 1.85. The molecule has 3 heterocycles. The summed E-state index contributed by atoms with van der Waals surface area (Å²) in [6.07, 6.45) is 5.64. The molecule has 2 saturated heterocycles. The fraction of sp³-hybridized carbons (Fsp3) is 0.533. The fourth-order valence-electron chi connectivity index (χ4n) is 6.07. The second-order valence-electron chi connectivity index (χ2n) is 10.8. The molecule has 6 heteroatoms. The van der Waals surface area contributed by atoms with E-state index in [0.29, 0.717) is 6.42 Å². The summed E-state index contributed by atoms with van der Waals surface area (Å²) in [6, 6.07) is 12.6. The molecule has 0 aliphatic carbocycles. The first-order chi connectivity index (χ1) is 17.4. The zero-order valence-electron chi connectivity index (χ0n) is 22.1. The highest BCUT2D eigenvalue weighted by Gasteiger charge is 2.38. The highest BCUT2D eigenvalue weighted by Crippen LogP contribution is 2.39. The molecule has 0 radical (unpaired) electrons. The predicted octanol–water partition coefficient (Wildman–Crippen LogP) is 4.81. The van der Waals surface area contributed by atoms with E-state index in [2.05, 4.69) is 52.8 Å². The molecule has 3 aliphatic rings. The van der Waals surface area contributed by atoms with Crippen molar-refractivity contribution in [3.63, 3.8) is 0 Å². The quantitative estimate of drug-likeness (QED) is 0.413. The lowest BCUT2D eigenvalue weighted by atomic mass is 9.95. The summed E-state index contributed by atoms with van der Waals surface area (Å²) in [5.41, 5.74) is 6.74. The fourth-order valence-corrected chi connectivity index (χ4v) is 6.07. The molecule has 3 aliphatic heterocycles. The summed E-state index contributed by atoms with van der Waals surface area (Å²) in [6.45, 7) is 10.6. The van der Waals surface area contributed by atoms with Crippen LogP contribution in [0.5, 0.6) is 0 Å². The molecule has 6 nitrogen and oxygen atoms in total. The smallest absolute Gasteiger partial charge is 0.249 e. The number of piperidine rings is 1. The van der Waals surface area contributed by atoms with Gasteiger partial charge in [0.05, 0.1) is 11.4 Å². The van der Waals surface area contributed by atoms with Crippen LogP contribution in [0.15, 0.2) is 36.4 Å². The minimum Gasteiger partial charge on any atom is -0.369 e. The van der Waals surface area contributed by atoms with Crippen molar-refractivity contribution in [1.29, 1.82) is 0 Å². The summed E-state index contributed by atoms with van der Waals surface area (Å²) in [5, 5.41) is 0. The standard InChI is InChI=1S/C30H40N4O2/c1-22-10-11-23(2)27(20-22)33-18-16-32(17-19-33)14-6-5-9-29(35)24-12-13-25-28(21-24)31(3)30(36)26-8-4-7-15-34(25)26/h10-13,20-21,26H,4-9,14-19H2,1-3H3. The third-order valence-corrected chi connectivity index (χ3v) is 8.29. The maximum atomic E-state index is 13.0. The molecule has 0 saturated carbocycles. The van der Waals surface area contributed by atoms with E-state index in [9.17, 15) is 9.59 Å². The topological polar surface area (TPSA) is 47.1 Å². The minimum atomic E-state index is -0.0412. The molecule has 2 fully saturated rings. The van der Waals surface area contributed by atoms with Crippen molar-refractivity contribution in [3.05, 3.63) is 53.1 Å². The maximum absolute atomic E-state index is 13.0. The average molecular weight is 489 g/mol. The van der Waals surface area contributed by atoms with Crippen molar-refractivity contribution in [2.75, 3.05) is 61.0 Å². The first kappa shape index (κ1) is 24.8. The number of ketones is 1. The second-order valence-corrected chi connectivity index (χ2v) is 10.8. The number of amides is 1. The van der Waals surface area contributed by atoms with Gasteiger partial charge in [-0.3, -0.25) is 14.5 Å². The first-order valence-electron chi connectivity index (χ1n) is 13.7. The van der Waals surface area contributed by atoms with Crippen molar-refractivity contribution in [2.45, 2.75) is 58.4 Å². The van der Waals surface area contributed by atoms with Crippen LogP contribution in [0.25, 0.3) is 0 Å². The van der Waals surface area contributed by atoms with Gasteiger partial charge in [-0.2, -0.15) is 0 Å². The molecule has 1 atom stereocenters. The zero-order valence-corrected chi connectivity index (χ0v) is 22.1. The summed E-state index contributed by atoms with van der Waals surface area (Å²) >= 11 is 0. The number of piperazine rings is 1. The number of anilines is 3. The Morgan fingerprint density at radius 2 is 1.69 bits per heavy atom. The van der Waals surface area contributed by atoms with E-state index < -0.39 is 0 Å². The van der Waals surface area contributed by atoms with Gasteiger partial charge >= 0.3 is 0 Å². The Hall–Kier alpha value is -2.86. The Kier molecular flexibility index (Phi) is 7.33. The number of carbonyl (C=O) groups is 2. The van der Waals surface area contributed by atoms with E-state index >= 15 is 0 Å². The Balaban J connectivity index is 1.10. The van der Waals surface area contributed by atoms with Gasteiger partial charge in [-0.15, -0.1) is 0 Å². The lowest BCUT2D eigenvalue weighted by molar-refractivity contribution is -0.120. The van der Waals surface area contributed by atoms with Gasteiger partial charge in [-0.1, -0.05) is 12.1 Å². The Labute approximate surface area is 215 Å². The molecule has 2 aromatic carbocycles. The molecular weight excluding hydrogens is 448 g/mol. The third kappa shape index (κ3) is 5.01. The molecule has 0 spiro atoms. The summed E-state index contributed by atoms with van der Waals surface area (Å²) in [5.74, 6) is 0.337. The molecule has 0 N–H and O–H groups in total. The number of aryl methyl sites for hydroxylation is 2. The normalized spacial score (nSPS) is 20.4. The Morgan fingerprint density at radius 3 is 2.50 bits per heavy atom. The van der Waals surface area contributed by atoms with Crippen molar-refractivity contribution in [1.82, 2.24) is 4.90 Å². The number of Topliss-reactive ketones (excluding diaryl/α,β-unsaturated/α-hetero) is 1. The number of hydrogen-bond acceptors (Lipinski definition) is 5. The Bertz CT molecular complexity index is 1120. The number of unbranched alkanes of at least 4 members (excludes halogenated alkanes) is 1. The van der Waals surface area contributed by atoms with Gasteiger partial charge in [0.2, 0.25) is 5.91 Å². The predicted molar refractivity (Wildman–Crippen MR) is 148 cm³/mol. The average Bonchev–Trinajstić information content (AvgIpc) is 2.91. The Morgan fingerprint density at radius 1 is 0.889 bits per heavy atom. The zero-order chi connectivity index (χ0) is 25.2. The number of benzene rings is 2. The minimum absolute atomic E-state index is 0.0412. The molecule has 2 aromatic rings. The molecule has 0 bridgehead atoms. The molecule has 192 valence electrons. The van der Waals surface area contributed by atoms with Gasteiger partial charge in [-0.05, 0) is 87.9 Å². The number of fused-ring (bicyclic) bond motifs is 3. The summed E-state index contributed by atoms with van der Waals surface area (Å²) < 4.78 is 0. The van der Waals surface area contributed by atoms with E-state index in [1.165, 1.54) is 16.8 Å². The maximum Gasteiger partial charge on any atom is 0.249 e. The largest absolute Gasteiger partial charge is 0.369 e. The SMILES string of the molecule is Cc1ccc(C)c(N2CCN(CCCCC(=O)c3ccc4c(c3)N(C)C(=O)C3CCCCN43)CC2)c1. The highest BCUT2D eigenvalue weighted by molar-refractivity contribution is 6.07. The monoisotopic (exact) mass is 488 g/mol. The van der Waals surface area contributed by atoms with Crippen LogP contribution in [0.1, 0.15) is 60.0 Å².